The van der Waals surface area contributed by atoms with Crippen LogP contribution in [0.1, 0.15) is 6.92 Å². The van der Waals surface area contributed by atoms with Crippen LogP contribution in [0.2, 0.25) is 0 Å². The summed E-state index contributed by atoms with van der Waals surface area (Å²) in [5.74, 6) is -0.314. The zero-order chi connectivity index (χ0) is 12.6. The van der Waals surface area contributed by atoms with Crippen LogP contribution in [-0.2, 0) is 14.3 Å². The zero-order valence-corrected chi connectivity index (χ0v) is 9.73. The van der Waals surface area contributed by atoms with Crippen molar-refractivity contribution in [3.63, 3.8) is 0 Å². The lowest BCUT2D eigenvalue weighted by Gasteiger charge is -2.17. The Morgan fingerprint density at radius 3 is 2.38 bits per heavy atom. The quantitative estimate of drug-likeness (QED) is 0.283. The van der Waals surface area contributed by atoms with Gasteiger partial charge in [0.1, 0.15) is 6.73 Å². The third-order valence-corrected chi connectivity index (χ3v) is 1.93. The molecule has 0 aliphatic heterocycles. The van der Waals surface area contributed by atoms with E-state index in [1.54, 1.807) is 7.05 Å². The number of nitrogens with zero attached hydrogens (tertiary/aromatic N) is 1. The predicted molar refractivity (Wildman–Crippen MR) is 62.7 cm³/mol. The Hall–Kier alpha value is -1.68. The molecule has 0 rings (SSSR count). The van der Waals surface area contributed by atoms with Crippen molar-refractivity contribution in [2.45, 2.75) is 6.92 Å². The van der Waals surface area contributed by atoms with Gasteiger partial charge in [-0.1, -0.05) is 25.3 Å². The van der Waals surface area contributed by atoms with Crippen LogP contribution in [-0.4, -0.2) is 37.5 Å². The van der Waals surface area contributed by atoms with Crippen molar-refractivity contribution >= 4 is 12.2 Å². The standard InChI is InChI=1S/C12H17NO3/c1-5-10(8-14)11(6-2)12(15)13(4)9-16-7-3/h5-6,8H,1-2,7,9H2,3-4H3/b11-10-. The molecule has 4 nitrogen and oxygen atoms in total. The number of aldehydes is 1. The maximum atomic E-state index is 11.8. The zero-order valence-electron chi connectivity index (χ0n) is 9.73. The molecule has 0 radical (unpaired) electrons. The van der Waals surface area contributed by atoms with Crippen molar-refractivity contribution < 1.29 is 14.3 Å². The SMILES string of the molecule is C=C/C(C=O)=C(\C=C)C(=O)N(C)COCC. The van der Waals surface area contributed by atoms with Gasteiger partial charge in [0.05, 0.1) is 0 Å². The minimum atomic E-state index is -0.314. The van der Waals surface area contributed by atoms with E-state index in [0.29, 0.717) is 12.9 Å². The third-order valence-electron chi connectivity index (χ3n) is 1.93. The molecule has 0 spiro atoms. The Kier molecular flexibility index (Phi) is 6.79. The monoisotopic (exact) mass is 223 g/mol. The highest BCUT2D eigenvalue weighted by Gasteiger charge is 2.14. The molecule has 0 aromatic rings. The summed E-state index contributed by atoms with van der Waals surface area (Å²) in [4.78, 5) is 23.9. The van der Waals surface area contributed by atoms with E-state index in [9.17, 15) is 9.59 Å². The molecule has 1 amide bonds. The molecule has 0 saturated carbocycles. The number of amides is 1. The Morgan fingerprint density at radius 2 is 2.00 bits per heavy atom. The highest BCUT2D eigenvalue weighted by atomic mass is 16.5. The highest BCUT2D eigenvalue weighted by molar-refractivity contribution is 6.02. The molecule has 88 valence electrons. The van der Waals surface area contributed by atoms with Crippen molar-refractivity contribution in [1.29, 1.82) is 0 Å². The van der Waals surface area contributed by atoms with Gasteiger partial charge in [-0.05, 0) is 6.92 Å². The minimum Gasteiger partial charge on any atom is -0.361 e. The fraction of sp³-hybridized carbons (Fsp3) is 0.333. The number of carbonyl (C=O) groups excluding carboxylic acids is 2. The average molecular weight is 223 g/mol. The first-order chi connectivity index (χ1) is 7.62. The maximum absolute atomic E-state index is 11.8. The van der Waals surface area contributed by atoms with Crippen LogP contribution < -0.4 is 0 Å². The van der Waals surface area contributed by atoms with E-state index in [1.807, 2.05) is 6.92 Å². The second-order valence-electron chi connectivity index (χ2n) is 3.02. The van der Waals surface area contributed by atoms with E-state index in [1.165, 1.54) is 17.1 Å². The number of ether oxygens (including phenoxy) is 1. The van der Waals surface area contributed by atoms with Gasteiger partial charge in [0.2, 0.25) is 0 Å². The van der Waals surface area contributed by atoms with Crippen LogP contribution >= 0.6 is 0 Å². The van der Waals surface area contributed by atoms with Gasteiger partial charge < -0.3 is 9.64 Å². The van der Waals surface area contributed by atoms with Crippen LogP contribution in [0, 0.1) is 0 Å². The lowest BCUT2D eigenvalue weighted by atomic mass is 10.1. The number of allylic oxidation sites excluding steroid dienone is 2. The summed E-state index contributed by atoms with van der Waals surface area (Å²) in [6.07, 6.45) is 3.25. The Balaban J connectivity index is 4.91. The summed E-state index contributed by atoms with van der Waals surface area (Å²) in [6.45, 7) is 9.51. The van der Waals surface area contributed by atoms with E-state index in [2.05, 4.69) is 13.2 Å². The third kappa shape index (κ3) is 3.82. The van der Waals surface area contributed by atoms with Gasteiger partial charge in [0.15, 0.2) is 6.29 Å². The summed E-state index contributed by atoms with van der Waals surface area (Å²) in [5, 5.41) is 0. The van der Waals surface area contributed by atoms with Gasteiger partial charge in [-0.15, -0.1) is 0 Å². The van der Waals surface area contributed by atoms with Crippen LogP contribution in [0.3, 0.4) is 0 Å². The molecule has 0 aliphatic rings. The second-order valence-corrected chi connectivity index (χ2v) is 3.02. The van der Waals surface area contributed by atoms with E-state index in [-0.39, 0.29) is 23.8 Å². The summed E-state index contributed by atoms with van der Waals surface area (Å²) < 4.78 is 5.09. The average Bonchev–Trinajstić information content (AvgIpc) is 2.31. The Labute approximate surface area is 95.9 Å². The van der Waals surface area contributed by atoms with Gasteiger partial charge >= 0.3 is 0 Å². The number of carbonyl (C=O) groups is 2. The maximum Gasteiger partial charge on any atom is 0.256 e. The number of rotatable bonds is 7. The van der Waals surface area contributed by atoms with Crippen LogP contribution in [0.5, 0.6) is 0 Å². The smallest absolute Gasteiger partial charge is 0.256 e. The summed E-state index contributed by atoms with van der Waals surface area (Å²) in [5.41, 5.74) is 0.454. The molecule has 0 aromatic heterocycles. The topological polar surface area (TPSA) is 46.6 Å². The van der Waals surface area contributed by atoms with Crippen molar-refractivity contribution in [2.75, 3.05) is 20.4 Å². The summed E-state index contributed by atoms with van der Waals surface area (Å²) >= 11 is 0. The number of likely N-dealkylation sites (N-methyl/N-ethyl adjacent to an activating group) is 1. The van der Waals surface area contributed by atoms with Crippen LogP contribution in [0.25, 0.3) is 0 Å². The van der Waals surface area contributed by atoms with E-state index in [0.717, 1.165) is 0 Å². The molecule has 0 N–H and O–H groups in total. The molecule has 0 atom stereocenters. The van der Waals surface area contributed by atoms with Gasteiger partial charge in [0, 0.05) is 24.8 Å². The first kappa shape index (κ1) is 14.3. The molecule has 0 aromatic carbocycles. The van der Waals surface area contributed by atoms with Crippen molar-refractivity contribution in [1.82, 2.24) is 4.90 Å². The number of hydrogen-bond acceptors (Lipinski definition) is 3. The lowest BCUT2D eigenvalue weighted by Crippen LogP contribution is -2.30. The molecule has 0 bridgehead atoms. The normalized spacial score (nSPS) is 11.4. The van der Waals surface area contributed by atoms with Crippen LogP contribution in [0.4, 0.5) is 0 Å². The summed E-state index contributed by atoms with van der Waals surface area (Å²) in [6, 6.07) is 0. The van der Waals surface area contributed by atoms with Crippen molar-refractivity contribution in [2.24, 2.45) is 0 Å². The highest BCUT2D eigenvalue weighted by Crippen LogP contribution is 2.08. The molecule has 16 heavy (non-hydrogen) atoms. The van der Waals surface area contributed by atoms with Crippen molar-refractivity contribution in [3.05, 3.63) is 36.5 Å². The van der Waals surface area contributed by atoms with Gasteiger partial charge in [-0.3, -0.25) is 9.59 Å². The van der Waals surface area contributed by atoms with Gasteiger partial charge in [-0.25, -0.2) is 0 Å². The molecule has 0 unspecified atom stereocenters. The molecular weight excluding hydrogens is 206 g/mol. The minimum absolute atomic E-state index is 0.177. The van der Waals surface area contributed by atoms with Gasteiger partial charge in [0.25, 0.3) is 5.91 Å². The van der Waals surface area contributed by atoms with E-state index >= 15 is 0 Å². The fourth-order valence-electron chi connectivity index (χ4n) is 1.04. The Bertz CT molecular complexity index is 308. The fourth-order valence-corrected chi connectivity index (χ4v) is 1.04. The first-order valence-corrected chi connectivity index (χ1v) is 4.89. The van der Waals surface area contributed by atoms with E-state index < -0.39 is 0 Å². The predicted octanol–water partition coefficient (Wildman–Crippen LogP) is 1.31. The Morgan fingerprint density at radius 1 is 1.38 bits per heavy atom. The molecule has 0 saturated heterocycles. The van der Waals surface area contributed by atoms with Crippen LogP contribution in [0.15, 0.2) is 36.5 Å². The van der Waals surface area contributed by atoms with Crippen molar-refractivity contribution in [3.8, 4) is 0 Å². The molecular formula is C12H17NO3. The van der Waals surface area contributed by atoms with E-state index in [4.69, 9.17) is 4.74 Å². The number of hydrogen-bond donors (Lipinski definition) is 0. The lowest BCUT2D eigenvalue weighted by molar-refractivity contribution is -0.130. The second kappa shape index (κ2) is 7.59. The van der Waals surface area contributed by atoms with Gasteiger partial charge in [-0.2, -0.15) is 0 Å². The largest absolute Gasteiger partial charge is 0.361 e. The first-order valence-electron chi connectivity index (χ1n) is 4.89. The summed E-state index contributed by atoms with van der Waals surface area (Å²) in [7, 11) is 1.59. The molecule has 0 fully saturated rings. The molecule has 4 heteroatoms. The molecule has 0 aliphatic carbocycles. The molecule has 0 heterocycles.